The van der Waals surface area contributed by atoms with E-state index in [1.54, 1.807) is 14.2 Å². The van der Waals surface area contributed by atoms with Gasteiger partial charge in [0.05, 0.1) is 13.2 Å². The number of likely N-dealkylation sites (tertiary alicyclic amines) is 1. The van der Waals surface area contributed by atoms with Crippen LogP contribution in [0, 0.1) is 10.8 Å². The van der Waals surface area contributed by atoms with Crippen molar-refractivity contribution in [2.75, 3.05) is 20.8 Å². The zero-order valence-electron chi connectivity index (χ0n) is 21.6. The van der Waals surface area contributed by atoms with E-state index in [0.717, 1.165) is 36.1 Å². The van der Waals surface area contributed by atoms with Gasteiger partial charge >= 0.3 is 0 Å². The molecule has 2 unspecified atom stereocenters. The highest BCUT2D eigenvalue weighted by molar-refractivity contribution is 5.95. The molecular formula is C29H38N2O4. The standard InChI is InChI=1S/C29H38N2O4/c1-28(2)13-25-14-29(3,18-28)19-31(25)27(33)23-8-6-20(7-9-23)15-30-26(32)24-11-21(16-34-4)10-22(12-24)17-35-5/h6-12,25H,13-19H2,1-5H3,(H,30,32). The zero-order chi connectivity index (χ0) is 25.2. The Balaban J connectivity index is 1.39. The van der Waals surface area contributed by atoms with Gasteiger partial charge in [-0.2, -0.15) is 0 Å². The van der Waals surface area contributed by atoms with Crippen molar-refractivity contribution in [3.63, 3.8) is 0 Å². The molecule has 2 atom stereocenters. The normalized spacial score (nSPS) is 22.8. The van der Waals surface area contributed by atoms with Crippen molar-refractivity contribution >= 4 is 11.8 Å². The molecule has 1 N–H and O–H groups in total. The van der Waals surface area contributed by atoms with Crippen LogP contribution < -0.4 is 5.32 Å². The van der Waals surface area contributed by atoms with Crippen LogP contribution in [-0.2, 0) is 29.2 Å². The molecule has 0 aromatic heterocycles. The van der Waals surface area contributed by atoms with Gasteiger partial charge in [-0.1, -0.05) is 39.0 Å². The summed E-state index contributed by atoms with van der Waals surface area (Å²) < 4.78 is 10.5. The molecule has 35 heavy (non-hydrogen) atoms. The first-order chi connectivity index (χ1) is 16.6. The van der Waals surface area contributed by atoms with Gasteiger partial charge < -0.3 is 19.7 Å². The minimum Gasteiger partial charge on any atom is -0.380 e. The Kier molecular flexibility index (Phi) is 7.34. The van der Waals surface area contributed by atoms with Gasteiger partial charge in [-0.3, -0.25) is 9.59 Å². The predicted molar refractivity (Wildman–Crippen MR) is 136 cm³/mol. The number of fused-ring (bicyclic) bond motifs is 2. The Labute approximate surface area is 209 Å². The molecule has 0 radical (unpaired) electrons. The summed E-state index contributed by atoms with van der Waals surface area (Å²) in [5.41, 5.74) is 4.60. The van der Waals surface area contributed by atoms with E-state index in [9.17, 15) is 9.59 Å². The van der Waals surface area contributed by atoms with Crippen LogP contribution in [0.4, 0.5) is 0 Å². The topological polar surface area (TPSA) is 67.9 Å². The molecule has 1 heterocycles. The summed E-state index contributed by atoms with van der Waals surface area (Å²) in [5, 5.41) is 2.99. The van der Waals surface area contributed by atoms with Crippen LogP contribution in [0.2, 0.25) is 0 Å². The zero-order valence-corrected chi connectivity index (χ0v) is 21.6. The molecule has 2 aliphatic rings. The second-order valence-corrected chi connectivity index (χ2v) is 11.4. The molecule has 1 aliphatic carbocycles. The second kappa shape index (κ2) is 10.1. The second-order valence-electron chi connectivity index (χ2n) is 11.4. The first kappa shape index (κ1) is 25.4. The molecule has 2 fully saturated rings. The summed E-state index contributed by atoms with van der Waals surface area (Å²) in [6.07, 6.45) is 3.33. The Morgan fingerprint density at radius 1 is 0.914 bits per heavy atom. The molecule has 1 saturated carbocycles. The molecule has 1 saturated heterocycles. The SMILES string of the molecule is COCc1cc(COC)cc(C(=O)NCc2ccc(C(=O)N3CC4(C)CC3CC(C)(C)C4)cc2)c1. The van der Waals surface area contributed by atoms with E-state index in [0.29, 0.717) is 36.9 Å². The average Bonchev–Trinajstić information content (AvgIpc) is 3.06. The number of hydrogen-bond donors (Lipinski definition) is 1. The smallest absolute Gasteiger partial charge is 0.254 e. The van der Waals surface area contributed by atoms with Gasteiger partial charge in [-0.25, -0.2) is 0 Å². The van der Waals surface area contributed by atoms with E-state index in [1.807, 2.05) is 42.5 Å². The van der Waals surface area contributed by atoms with Gasteiger partial charge in [0.15, 0.2) is 0 Å². The van der Waals surface area contributed by atoms with Crippen LogP contribution in [0.3, 0.4) is 0 Å². The number of rotatable bonds is 8. The fourth-order valence-corrected chi connectivity index (χ4v) is 6.31. The lowest BCUT2D eigenvalue weighted by atomic mass is 9.65. The maximum Gasteiger partial charge on any atom is 0.254 e. The number of nitrogens with zero attached hydrogens (tertiary/aromatic N) is 1. The summed E-state index contributed by atoms with van der Waals surface area (Å²) >= 11 is 0. The van der Waals surface area contributed by atoms with Crippen LogP contribution in [0.25, 0.3) is 0 Å². The number of nitrogens with one attached hydrogen (secondary N) is 1. The van der Waals surface area contributed by atoms with Crippen molar-refractivity contribution in [1.82, 2.24) is 10.2 Å². The highest BCUT2D eigenvalue weighted by atomic mass is 16.5. The molecule has 188 valence electrons. The van der Waals surface area contributed by atoms with Gasteiger partial charge in [0.25, 0.3) is 11.8 Å². The van der Waals surface area contributed by atoms with Crippen LogP contribution >= 0.6 is 0 Å². The maximum absolute atomic E-state index is 13.3. The first-order valence-corrected chi connectivity index (χ1v) is 12.4. The minimum atomic E-state index is -0.152. The number of carbonyl (C=O) groups is 2. The molecule has 2 amide bonds. The van der Waals surface area contributed by atoms with Crippen LogP contribution in [0.15, 0.2) is 42.5 Å². The van der Waals surface area contributed by atoms with Crippen LogP contribution in [-0.4, -0.2) is 43.5 Å². The molecule has 0 spiro atoms. The van der Waals surface area contributed by atoms with Crippen molar-refractivity contribution in [2.24, 2.45) is 10.8 Å². The fourth-order valence-electron chi connectivity index (χ4n) is 6.31. The Hall–Kier alpha value is -2.70. The highest BCUT2D eigenvalue weighted by Crippen LogP contribution is 2.52. The van der Waals surface area contributed by atoms with Crippen molar-refractivity contribution in [2.45, 2.75) is 65.8 Å². The highest BCUT2D eigenvalue weighted by Gasteiger charge is 2.51. The maximum atomic E-state index is 13.3. The number of amides is 2. The third-order valence-corrected chi connectivity index (χ3v) is 7.27. The number of methoxy groups -OCH3 is 2. The molecule has 1 aliphatic heterocycles. The summed E-state index contributed by atoms with van der Waals surface area (Å²) in [5.74, 6) is -0.0340. The van der Waals surface area contributed by atoms with Crippen molar-refractivity contribution < 1.29 is 19.1 Å². The van der Waals surface area contributed by atoms with E-state index in [4.69, 9.17) is 9.47 Å². The number of ether oxygens (including phenoxy) is 2. The molecule has 2 aromatic carbocycles. The Morgan fingerprint density at radius 3 is 2.14 bits per heavy atom. The molecule has 6 heteroatoms. The van der Waals surface area contributed by atoms with E-state index < -0.39 is 0 Å². The summed E-state index contributed by atoms with van der Waals surface area (Å²) in [4.78, 5) is 28.2. The number of benzene rings is 2. The monoisotopic (exact) mass is 478 g/mol. The molecule has 6 nitrogen and oxygen atoms in total. The average molecular weight is 479 g/mol. The lowest BCUT2D eigenvalue weighted by molar-refractivity contribution is 0.0708. The third-order valence-electron chi connectivity index (χ3n) is 7.27. The number of hydrogen-bond acceptors (Lipinski definition) is 4. The van der Waals surface area contributed by atoms with Crippen LogP contribution in [0.1, 0.15) is 77.4 Å². The van der Waals surface area contributed by atoms with Crippen molar-refractivity contribution in [1.29, 1.82) is 0 Å². The van der Waals surface area contributed by atoms with Gasteiger partial charge in [-0.15, -0.1) is 0 Å². The van der Waals surface area contributed by atoms with E-state index in [2.05, 4.69) is 31.0 Å². The Bertz CT molecular complexity index is 1050. The third kappa shape index (κ3) is 5.93. The lowest BCUT2D eigenvalue weighted by Crippen LogP contribution is -2.37. The Morgan fingerprint density at radius 2 is 1.54 bits per heavy atom. The molecular weight excluding hydrogens is 440 g/mol. The lowest BCUT2D eigenvalue weighted by Gasteiger charge is -2.39. The first-order valence-electron chi connectivity index (χ1n) is 12.4. The van der Waals surface area contributed by atoms with Gasteiger partial charge in [-0.05, 0) is 71.0 Å². The molecule has 2 aromatic rings. The van der Waals surface area contributed by atoms with Gasteiger partial charge in [0, 0.05) is 44.5 Å². The predicted octanol–water partition coefficient (Wildman–Crippen LogP) is 4.95. The van der Waals surface area contributed by atoms with Crippen molar-refractivity contribution in [3.05, 3.63) is 70.3 Å². The minimum absolute atomic E-state index is 0.118. The molecule has 4 rings (SSSR count). The van der Waals surface area contributed by atoms with Gasteiger partial charge in [0.2, 0.25) is 0 Å². The van der Waals surface area contributed by atoms with Gasteiger partial charge in [0.1, 0.15) is 0 Å². The van der Waals surface area contributed by atoms with E-state index in [1.165, 1.54) is 6.42 Å². The summed E-state index contributed by atoms with van der Waals surface area (Å²) in [6, 6.07) is 13.6. The van der Waals surface area contributed by atoms with E-state index >= 15 is 0 Å². The summed E-state index contributed by atoms with van der Waals surface area (Å²) in [6.45, 7) is 9.05. The van der Waals surface area contributed by atoms with Crippen LogP contribution in [0.5, 0.6) is 0 Å². The quantitative estimate of drug-likeness (QED) is 0.583. The fraction of sp³-hybridized carbons (Fsp3) is 0.517. The van der Waals surface area contributed by atoms with E-state index in [-0.39, 0.29) is 22.6 Å². The number of carbonyl (C=O) groups excluding carboxylic acids is 2. The largest absolute Gasteiger partial charge is 0.380 e. The summed E-state index contributed by atoms with van der Waals surface area (Å²) in [7, 11) is 3.27. The molecule has 2 bridgehead atoms. The van der Waals surface area contributed by atoms with Crippen molar-refractivity contribution in [3.8, 4) is 0 Å².